The van der Waals surface area contributed by atoms with E-state index in [-0.39, 0.29) is 37.1 Å². The van der Waals surface area contributed by atoms with E-state index in [9.17, 15) is 14.4 Å². The third-order valence-electron chi connectivity index (χ3n) is 4.49. The van der Waals surface area contributed by atoms with Gasteiger partial charge in [-0.25, -0.2) is 0 Å². The Morgan fingerprint density at radius 3 is 2.57 bits per heavy atom. The molecule has 7 nitrogen and oxygen atoms in total. The number of hydrogen-bond donors (Lipinski definition) is 2. The Labute approximate surface area is 180 Å². The molecule has 0 saturated carbocycles. The van der Waals surface area contributed by atoms with Crippen molar-refractivity contribution in [1.82, 2.24) is 5.32 Å². The van der Waals surface area contributed by atoms with Crippen molar-refractivity contribution in [3.63, 3.8) is 0 Å². The second kappa shape index (κ2) is 10.7. The van der Waals surface area contributed by atoms with Crippen LogP contribution in [0.1, 0.15) is 19.8 Å². The normalized spacial score (nSPS) is 12.6. The number of hydrogen-bond acceptors (Lipinski definition) is 5. The average Bonchev–Trinajstić information content (AvgIpc) is 2.77. The molecule has 30 heavy (non-hydrogen) atoms. The monoisotopic (exact) mass is 427 g/mol. The van der Waals surface area contributed by atoms with Gasteiger partial charge in [-0.2, -0.15) is 0 Å². The maximum Gasteiger partial charge on any atom is 0.243 e. The van der Waals surface area contributed by atoms with Gasteiger partial charge >= 0.3 is 0 Å². The molecule has 0 saturated heterocycles. The van der Waals surface area contributed by atoms with Gasteiger partial charge in [0.15, 0.2) is 0 Å². The fourth-order valence-electron chi connectivity index (χ4n) is 3.06. The number of para-hydroxylation sites is 1. The number of nitrogens with one attached hydrogen (secondary N) is 2. The highest BCUT2D eigenvalue weighted by atomic mass is 32.2. The van der Waals surface area contributed by atoms with E-state index in [0.717, 1.165) is 22.1 Å². The zero-order valence-corrected chi connectivity index (χ0v) is 17.7. The lowest BCUT2D eigenvalue weighted by molar-refractivity contribution is -0.126. The lowest BCUT2D eigenvalue weighted by Crippen LogP contribution is -2.37. The maximum atomic E-state index is 12.6. The molecule has 1 aliphatic heterocycles. The Balaban J connectivity index is 1.40. The van der Waals surface area contributed by atoms with Crippen molar-refractivity contribution in [2.24, 2.45) is 0 Å². The van der Waals surface area contributed by atoms with Gasteiger partial charge in [0, 0.05) is 35.7 Å². The Hall–Kier alpha value is -3.00. The lowest BCUT2D eigenvalue weighted by atomic mass is 10.2. The number of carbonyl (C=O) groups excluding carboxylic acids is 3. The fraction of sp³-hybridized carbons (Fsp3) is 0.318. The van der Waals surface area contributed by atoms with E-state index in [0.29, 0.717) is 18.8 Å². The molecule has 0 unspecified atom stereocenters. The average molecular weight is 428 g/mol. The van der Waals surface area contributed by atoms with Crippen molar-refractivity contribution in [2.45, 2.75) is 24.7 Å². The van der Waals surface area contributed by atoms with E-state index in [1.807, 2.05) is 31.2 Å². The van der Waals surface area contributed by atoms with Crippen molar-refractivity contribution < 1.29 is 19.1 Å². The molecule has 0 aromatic heterocycles. The van der Waals surface area contributed by atoms with Crippen LogP contribution in [0.4, 0.5) is 11.4 Å². The van der Waals surface area contributed by atoms with Gasteiger partial charge in [0.2, 0.25) is 17.7 Å². The molecule has 158 valence electrons. The van der Waals surface area contributed by atoms with Crippen LogP contribution in [-0.4, -0.2) is 43.2 Å². The summed E-state index contributed by atoms with van der Waals surface area (Å²) in [6.45, 7) is 2.95. The largest absolute Gasteiger partial charge is 0.494 e. The van der Waals surface area contributed by atoms with Crippen molar-refractivity contribution in [3.05, 3.63) is 48.5 Å². The summed E-state index contributed by atoms with van der Waals surface area (Å²) in [5, 5.41) is 5.27. The first-order valence-corrected chi connectivity index (χ1v) is 10.9. The topological polar surface area (TPSA) is 87.7 Å². The SMILES string of the molecule is CCOc1ccc(NC(=O)CNC(=O)CCC(=O)N2CCSc3ccccc32)cc1. The summed E-state index contributed by atoms with van der Waals surface area (Å²) in [5.41, 5.74) is 1.52. The van der Waals surface area contributed by atoms with Crippen molar-refractivity contribution in [3.8, 4) is 5.75 Å². The van der Waals surface area contributed by atoms with E-state index in [1.54, 1.807) is 40.9 Å². The minimum atomic E-state index is -0.333. The first-order valence-electron chi connectivity index (χ1n) is 9.88. The van der Waals surface area contributed by atoms with Gasteiger partial charge < -0.3 is 20.3 Å². The smallest absolute Gasteiger partial charge is 0.243 e. The minimum Gasteiger partial charge on any atom is -0.494 e. The van der Waals surface area contributed by atoms with Gasteiger partial charge in [0.05, 0.1) is 18.8 Å². The van der Waals surface area contributed by atoms with Crippen molar-refractivity contribution in [1.29, 1.82) is 0 Å². The third kappa shape index (κ3) is 6.00. The van der Waals surface area contributed by atoms with Crippen LogP contribution in [-0.2, 0) is 14.4 Å². The van der Waals surface area contributed by atoms with Crippen LogP contribution in [0.15, 0.2) is 53.4 Å². The summed E-state index contributed by atoms with van der Waals surface area (Å²) in [5.74, 6) is 0.812. The number of nitrogens with zero attached hydrogens (tertiary/aromatic N) is 1. The molecule has 8 heteroatoms. The van der Waals surface area contributed by atoms with Gasteiger partial charge in [-0.1, -0.05) is 12.1 Å². The predicted octanol–water partition coefficient (Wildman–Crippen LogP) is 3.06. The number of thioether (sulfide) groups is 1. The van der Waals surface area contributed by atoms with Gasteiger partial charge in [-0.05, 0) is 43.3 Å². The molecule has 1 aliphatic rings. The quantitative estimate of drug-likeness (QED) is 0.676. The zero-order valence-electron chi connectivity index (χ0n) is 16.8. The number of fused-ring (bicyclic) bond motifs is 1. The second-order valence-electron chi connectivity index (χ2n) is 6.64. The highest BCUT2D eigenvalue weighted by Gasteiger charge is 2.22. The Morgan fingerprint density at radius 1 is 1.03 bits per heavy atom. The summed E-state index contributed by atoms with van der Waals surface area (Å²) >= 11 is 1.72. The van der Waals surface area contributed by atoms with Crippen LogP contribution in [0.3, 0.4) is 0 Å². The first kappa shape index (κ1) is 21.7. The molecule has 2 aromatic carbocycles. The molecule has 0 radical (unpaired) electrons. The highest BCUT2D eigenvalue weighted by molar-refractivity contribution is 7.99. The van der Waals surface area contributed by atoms with E-state index < -0.39 is 0 Å². The Kier molecular flexibility index (Phi) is 7.73. The van der Waals surface area contributed by atoms with Crippen LogP contribution in [0.2, 0.25) is 0 Å². The number of carbonyl (C=O) groups is 3. The van der Waals surface area contributed by atoms with Gasteiger partial charge in [-0.15, -0.1) is 11.8 Å². The van der Waals surface area contributed by atoms with E-state index >= 15 is 0 Å². The third-order valence-corrected chi connectivity index (χ3v) is 5.53. The molecule has 0 fully saturated rings. The van der Waals surface area contributed by atoms with E-state index in [4.69, 9.17) is 4.74 Å². The predicted molar refractivity (Wildman–Crippen MR) is 118 cm³/mol. The Morgan fingerprint density at radius 2 is 1.80 bits per heavy atom. The molecule has 0 atom stereocenters. The summed E-state index contributed by atoms with van der Waals surface area (Å²) in [6.07, 6.45) is 0.145. The first-order chi connectivity index (χ1) is 14.6. The molecule has 3 amide bonds. The van der Waals surface area contributed by atoms with Gasteiger partial charge in [-0.3, -0.25) is 14.4 Å². The van der Waals surface area contributed by atoms with Crippen LogP contribution < -0.4 is 20.3 Å². The van der Waals surface area contributed by atoms with E-state index in [2.05, 4.69) is 10.6 Å². The van der Waals surface area contributed by atoms with Crippen molar-refractivity contribution in [2.75, 3.05) is 35.7 Å². The fourth-order valence-corrected chi connectivity index (χ4v) is 4.05. The molecule has 2 N–H and O–H groups in total. The number of rotatable bonds is 8. The molecule has 1 heterocycles. The molecule has 0 bridgehead atoms. The molecule has 3 rings (SSSR count). The van der Waals surface area contributed by atoms with E-state index in [1.165, 1.54) is 0 Å². The van der Waals surface area contributed by atoms with Crippen LogP contribution in [0, 0.1) is 0 Å². The van der Waals surface area contributed by atoms with Gasteiger partial charge in [0.25, 0.3) is 0 Å². The molecule has 0 aliphatic carbocycles. The standard InChI is InChI=1S/C22H25N3O4S/c1-2-29-17-9-7-16(8-10-17)24-21(27)15-23-20(26)11-12-22(28)25-13-14-30-19-6-4-3-5-18(19)25/h3-10H,2,11-15H2,1H3,(H,23,26)(H,24,27). The number of benzene rings is 2. The number of anilines is 2. The number of amides is 3. The maximum absolute atomic E-state index is 12.6. The molecule has 2 aromatic rings. The minimum absolute atomic E-state index is 0.0426. The number of ether oxygens (including phenoxy) is 1. The van der Waals surface area contributed by atoms with Gasteiger partial charge in [0.1, 0.15) is 5.75 Å². The summed E-state index contributed by atoms with van der Waals surface area (Å²) in [7, 11) is 0. The summed E-state index contributed by atoms with van der Waals surface area (Å²) in [6, 6.07) is 14.8. The lowest BCUT2D eigenvalue weighted by Gasteiger charge is -2.29. The second-order valence-corrected chi connectivity index (χ2v) is 7.78. The molecular weight excluding hydrogens is 402 g/mol. The van der Waals surface area contributed by atoms with Crippen molar-refractivity contribution >= 4 is 40.9 Å². The van der Waals surface area contributed by atoms with Crippen LogP contribution in [0.5, 0.6) is 5.75 Å². The molecular formula is C22H25N3O4S. The Bertz CT molecular complexity index is 902. The van der Waals surface area contributed by atoms with Crippen LogP contribution in [0.25, 0.3) is 0 Å². The summed E-state index contributed by atoms with van der Waals surface area (Å²) < 4.78 is 5.35. The molecule has 0 spiro atoms. The summed E-state index contributed by atoms with van der Waals surface area (Å²) in [4.78, 5) is 39.5. The highest BCUT2D eigenvalue weighted by Crippen LogP contribution is 2.34. The van der Waals surface area contributed by atoms with Crippen LogP contribution >= 0.6 is 11.8 Å². The zero-order chi connectivity index (χ0) is 21.3.